The Labute approximate surface area is 95.0 Å². The van der Waals surface area contributed by atoms with Gasteiger partial charge in [0, 0.05) is 18.1 Å². The Hall–Kier alpha value is -0.940. The van der Waals surface area contributed by atoms with Crippen molar-refractivity contribution in [1.29, 1.82) is 0 Å². The summed E-state index contributed by atoms with van der Waals surface area (Å²) >= 11 is 0. The standard InChI is InChI=1S/C11H18N4O/c12-8-4-9-2-1-3-10(5-8)15(9)6-11-13-7-16-14-11/h7-10H,1-6,12H2. The number of fused-ring (bicyclic) bond motifs is 2. The van der Waals surface area contributed by atoms with E-state index < -0.39 is 0 Å². The molecule has 0 aromatic carbocycles. The second kappa shape index (κ2) is 4.14. The summed E-state index contributed by atoms with van der Waals surface area (Å²) in [6.45, 7) is 0.818. The second-order valence-electron chi connectivity index (χ2n) is 4.99. The molecule has 3 rings (SSSR count). The van der Waals surface area contributed by atoms with E-state index in [1.54, 1.807) is 0 Å². The van der Waals surface area contributed by atoms with Crippen LogP contribution in [-0.2, 0) is 6.54 Å². The largest absolute Gasteiger partial charge is 0.343 e. The van der Waals surface area contributed by atoms with E-state index in [-0.39, 0.29) is 0 Å². The highest BCUT2D eigenvalue weighted by Gasteiger charge is 2.37. The summed E-state index contributed by atoms with van der Waals surface area (Å²) in [5.74, 6) is 0.798. The lowest BCUT2D eigenvalue weighted by atomic mass is 9.82. The molecule has 2 aliphatic rings. The van der Waals surface area contributed by atoms with Crippen LogP contribution in [0.2, 0.25) is 0 Å². The zero-order valence-corrected chi connectivity index (χ0v) is 9.38. The van der Waals surface area contributed by atoms with Crippen molar-refractivity contribution in [3.05, 3.63) is 12.2 Å². The van der Waals surface area contributed by atoms with Crippen LogP contribution in [0.1, 0.15) is 37.9 Å². The summed E-state index contributed by atoms with van der Waals surface area (Å²) in [5, 5.41) is 3.90. The van der Waals surface area contributed by atoms with E-state index in [1.165, 1.54) is 25.7 Å². The molecule has 1 aromatic rings. The van der Waals surface area contributed by atoms with Gasteiger partial charge in [0.25, 0.3) is 0 Å². The van der Waals surface area contributed by atoms with Gasteiger partial charge in [-0.1, -0.05) is 11.6 Å². The first-order chi connectivity index (χ1) is 7.83. The fraction of sp³-hybridized carbons (Fsp3) is 0.818. The van der Waals surface area contributed by atoms with Gasteiger partial charge in [0.2, 0.25) is 6.39 Å². The summed E-state index contributed by atoms with van der Waals surface area (Å²) in [6.07, 6.45) is 7.51. The van der Waals surface area contributed by atoms with Crippen molar-refractivity contribution in [3.63, 3.8) is 0 Å². The Balaban J connectivity index is 1.74. The van der Waals surface area contributed by atoms with Crippen LogP contribution in [0.5, 0.6) is 0 Å². The fourth-order valence-corrected chi connectivity index (χ4v) is 3.20. The van der Waals surface area contributed by atoms with Crippen LogP contribution in [0, 0.1) is 0 Å². The maximum Gasteiger partial charge on any atom is 0.213 e. The molecule has 16 heavy (non-hydrogen) atoms. The summed E-state index contributed by atoms with van der Waals surface area (Å²) in [7, 11) is 0. The van der Waals surface area contributed by atoms with Gasteiger partial charge in [0.15, 0.2) is 5.82 Å². The van der Waals surface area contributed by atoms with E-state index in [0.717, 1.165) is 25.2 Å². The lowest BCUT2D eigenvalue weighted by Crippen LogP contribution is -2.54. The van der Waals surface area contributed by atoms with Crippen LogP contribution >= 0.6 is 0 Å². The van der Waals surface area contributed by atoms with Crippen molar-refractivity contribution in [2.45, 2.75) is 56.8 Å². The molecule has 2 bridgehead atoms. The fourth-order valence-electron chi connectivity index (χ4n) is 3.20. The Morgan fingerprint density at radius 2 is 2.12 bits per heavy atom. The highest BCUT2D eigenvalue weighted by Crippen LogP contribution is 2.34. The summed E-state index contributed by atoms with van der Waals surface area (Å²) in [6, 6.07) is 1.64. The Morgan fingerprint density at radius 3 is 2.75 bits per heavy atom. The summed E-state index contributed by atoms with van der Waals surface area (Å²) in [5.41, 5.74) is 6.08. The third-order valence-corrected chi connectivity index (χ3v) is 3.89. The molecule has 1 aromatic heterocycles. The van der Waals surface area contributed by atoms with Crippen LogP contribution in [0.4, 0.5) is 0 Å². The zero-order valence-electron chi connectivity index (χ0n) is 9.38. The number of aromatic nitrogens is 2. The van der Waals surface area contributed by atoms with E-state index >= 15 is 0 Å². The minimum atomic E-state index is 0.386. The molecule has 0 aliphatic carbocycles. The molecular formula is C11H18N4O. The van der Waals surface area contributed by atoms with Gasteiger partial charge < -0.3 is 10.3 Å². The second-order valence-corrected chi connectivity index (χ2v) is 4.99. The van der Waals surface area contributed by atoms with Gasteiger partial charge in [-0.3, -0.25) is 4.90 Å². The van der Waals surface area contributed by atoms with Crippen molar-refractivity contribution >= 4 is 0 Å². The number of rotatable bonds is 2. The number of nitrogens with two attached hydrogens (primary N) is 1. The van der Waals surface area contributed by atoms with Crippen molar-refractivity contribution in [2.75, 3.05) is 0 Å². The first-order valence-electron chi connectivity index (χ1n) is 6.09. The molecule has 2 saturated heterocycles. The molecule has 3 heterocycles. The van der Waals surface area contributed by atoms with E-state index in [0.29, 0.717) is 18.1 Å². The molecule has 2 aliphatic heterocycles. The predicted molar refractivity (Wildman–Crippen MR) is 58.5 cm³/mol. The molecule has 5 heteroatoms. The average Bonchev–Trinajstić information content (AvgIpc) is 2.72. The van der Waals surface area contributed by atoms with Crippen molar-refractivity contribution in [1.82, 2.24) is 15.0 Å². The SMILES string of the molecule is NC1CC2CCCC(C1)N2Cc1ncon1. The minimum absolute atomic E-state index is 0.386. The van der Waals surface area contributed by atoms with Gasteiger partial charge >= 0.3 is 0 Å². The maximum absolute atomic E-state index is 6.08. The Bertz CT molecular complexity index is 326. The smallest absolute Gasteiger partial charge is 0.213 e. The highest BCUT2D eigenvalue weighted by molar-refractivity contribution is 4.95. The molecule has 0 saturated carbocycles. The topological polar surface area (TPSA) is 68.2 Å². The third kappa shape index (κ3) is 1.85. The monoisotopic (exact) mass is 222 g/mol. The quantitative estimate of drug-likeness (QED) is 0.805. The van der Waals surface area contributed by atoms with Crippen LogP contribution in [0.25, 0.3) is 0 Å². The van der Waals surface area contributed by atoms with Gasteiger partial charge in [-0.05, 0) is 25.7 Å². The molecule has 2 N–H and O–H groups in total. The van der Waals surface area contributed by atoms with Gasteiger partial charge in [0.1, 0.15) is 0 Å². The van der Waals surface area contributed by atoms with Crippen molar-refractivity contribution in [3.8, 4) is 0 Å². The molecular weight excluding hydrogens is 204 g/mol. The summed E-state index contributed by atoms with van der Waals surface area (Å²) in [4.78, 5) is 6.63. The number of hydrogen-bond donors (Lipinski definition) is 1. The van der Waals surface area contributed by atoms with Crippen LogP contribution < -0.4 is 5.73 Å². The number of hydrogen-bond acceptors (Lipinski definition) is 5. The molecule has 0 amide bonds. The van der Waals surface area contributed by atoms with Gasteiger partial charge in [-0.25, -0.2) is 0 Å². The lowest BCUT2D eigenvalue weighted by Gasteiger charge is -2.47. The molecule has 5 nitrogen and oxygen atoms in total. The van der Waals surface area contributed by atoms with Crippen molar-refractivity contribution in [2.24, 2.45) is 5.73 Å². The first kappa shape index (κ1) is 10.2. The molecule has 2 atom stereocenters. The number of nitrogens with zero attached hydrogens (tertiary/aromatic N) is 3. The Morgan fingerprint density at radius 1 is 1.38 bits per heavy atom. The normalized spacial score (nSPS) is 35.2. The van der Waals surface area contributed by atoms with Gasteiger partial charge in [0.05, 0.1) is 6.54 Å². The van der Waals surface area contributed by atoms with E-state index in [9.17, 15) is 0 Å². The van der Waals surface area contributed by atoms with E-state index in [1.807, 2.05) is 0 Å². The minimum Gasteiger partial charge on any atom is -0.343 e. The molecule has 2 unspecified atom stereocenters. The van der Waals surface area contributed by atoms with Crippen LogP contribution in [-0.4, -0.2) is 33.2 Å². The average molecular weight is 222 g/mol. The van der Waals surface area contributed by atoms with Crippen LogP contribution in [0.3, 0.4) is 0 Å². The highest BCUT2D eigenvalue weighted by atomic mass is 16.5. The molecule has 2 fully saturated rings. The first-order valence-corrected chi connectivity index (χ1v) is 6.09. The zero-order chi connectivity index (χ0) is 11.0. The maximum atomic E-state index is 6.08. The predicted octanol–water partition coefficient (Wildman–Crippen LogP) is 0.914. The van der Waals surface area contributed by atoms with E-state index in [4.69, 9.17) is 10.3 Å². The van der Waals surface area contributed by atoms with Gasteiger partial charge in [-0.2, -0.15) is 4.98 Å². The molecule has 88 valence electrons. The third-order valence-electron chi connectivity index (χ3n) is 3.89. The molecule has 0 radical (unpaired) electrons. The van der Waals surface area contributed by atoms with Crippen LogP contribution in [0.15, 0.2) is 10.9 Å². The lowest BCUT2D eigenvalue weighted by molar-refractivity contribution is 0.0219. The molecule has 0 spiro atoms. The summed E-state index contributed by atoms with van der Waals surface area (Å²) < 4.78 is 4.79. The van der Waals surface area contributed by atoms with Crippen molar-refractivity contribution < 1.29 is 4.52 Å². The van der Waals surface area contributed by atoms with Gasteiger partial charge in [-0.15, -0.1) is 0 Å². The number of piperidine rings is 2. The van der Waals surface area contributed by atoms with E-state index in [2.05, 4.69) is 15.0 Å². The Kier molecular flexibility index (Phi) is 2.65.